The zero-order chi connectivity index (χ0) is 28.3. The molecule has 3 N–H and O–H groups in total. The van der Waals surface area contributed by atoms with E-state index in [1.165, 1.54) is 5.01 Å². The standard InChI is InChI=1S/C30H41N5O4/c1-18(2)26-27(36)33-19(3)28(37)35-13-7-8-25(34-35)29(38)39-20(4)21-9-10-22-16-31-24(15-23(22)14-21)11-12-30(5,6)17-32-26/h9-12,14-16,18-20,25-26,32,34H,7-8,13,17H2,1-6H3,(H,33,36). The number of fused-ring (bicyclic) bond motifs is 4. The molecule has 4 rings (SSSR count). The van der Waals surface area contributed by atoms with Crippen LogP contribution in [0, 0.1) is 11.3 Å². The Balaban J connectivity index is 1.67. The van der Waals surface area contributed by atoms with E-state index in [0.29, 0.717) is 25.9 Å². The summed E-state index contributed by atoms with van der Waals surface area (Å²) >= 11 is 0. The summed E-state index contributed by atoms with van der Waals surface area (Å²) in [6, 6.07) is 6.10. The van der Waals surface area contributed by atoms with Crippen molar-refractivity contribution >= 4 is 34.6 Å². The van der Waals surface area contributed by atoms with Gasteiger partial charge in [-0.1, -0.05) is 45.9 Å². The number of nitrogens with zero attached hydrogens (tertiary/aromatic N) is 2. The number of hydrazine groups is 1. The molecule has 2 amide bonds. The number of cyclic esters (lactones) is 1. The van der Waals surface area contributed by atoms with Crippen molar-refractivity contribution in [2.24, 2.45) is 11.3 Å². The lowest BCUT2D eigenvalue weighted by Crippen LogP contribution is -2.61. The van der Waals surface area contributed by atoms with Gasteiger partial charge in [0.05, 0.1) is 11.7 Å². The lowest BCUT2D eigenvalue weighted by molar-refractivity contribution is -0.157. The first-order valence-electron chi connectivity index (χ1n) is 13.8. The summed E-state index contributed by atoms with van der Waals surface area (Å²) in [4.78, 5) is 44.0. The Bertz CT molecular complexity index is 1260. The lowest BCUT2D eigenvalue weighted by Gasteiger charge is -2.35. The molecular weight excluding hydrogens is 494 g/mol. The van der Waals surface area contributed by atoms with Crippen molar-refractivity contribution in [2.45, 2.75) is 78.6 Å². The third-order valence-electron chi connectivity index (χ3n) is 7.43. The molecule has 3 heterocycles. The Morgan fingerprint density at radius 1 is 1.10 bits per heavy atom. The van der Waals surface area contributed by atoms with Crippen LogP contribution in [0.2, 0.25) is 0 Å². The van der Waals surface area contributed by atoms with E-state index in [2.05, 4.69) is 41.0 Å². The van der Waals surface area contributed by atoms with Crippen LogP contribution in [0.5, 0.6) is 0 Å². The quantitative estimate of drug-likeness (QED) is 0.479. The SMILES string of the molecule is CC1NC(=O)C(C(C)C)NCC(C)(C)C=Cc2cc3cc(ccc3cn2)C(C)OC(=O)C2CCCN(N2)C1=O. The Morgan fingerprint density at radius 2 is 1.87 bits per heavy atom. The number of esters is 1. The Labute approximate surface area is 230 Å². The fraction of sp³-hybridized carbons (Fsp3) is 0.533. The van der Waals surface area contributed by atoms with Gasteiger partial charge < -0.3 is 15.4 Å². The molecule has 2 aliphatic rings. The number of benzene rings is 1. The van der Waals surface area contributed by atoms with Crippen LogP contribution in [0.15, 0.2) is 36.5 Å². The van der Waals surface area contributed by atoms with Crippen LogP contribution in [-0.2, 0) is 19.1 Å². The van der Waals surface area contributed by atoms with Gasteiger partial charge in [-0.15, -0.1) is 0 Å². The number of carbonyl (C=O) groups excluding carboxylic acids is 3. The molecule has 4 unspecified atom stereocenters. The topological polar surface area (TPSA) is 113 Å². The van der Waals surface area contributed by atoms with E-state index in [-0.39, 0.29) is 23.1 Å². The highest BCUT2D eigenvalue weighted by Crippen LogP contribution is 2.25. The molecule has 0 radical (unpaired) electrons. The van der Waals surface area contributed by atoms with Crippen LogP contribution in [0.25, 0.3) is 16.8 Å². The Kier molecular flexibility index (Phi) is 8.71. The molecule has 1 aromatic carbocycles. The normalized spacial score (nSPS) is 26.9. The first-order chi connectivity index (χ1) is 18.4. The maximum Gasteiger partial charge on any atom is 0.325 e. The number of rotatable bonds is 1. The Hall–Kier alpha value is -3.30. The molecule has 4 atom stereocenters. The van der Waals surface area contributed by atoms with Crippen molar-refractivity contribution in [2.75, 3.05) is 13.1 Å². The van der Waals surface area contributed by atoms with Gasteiger partial charge in [-0.25, -0.2) is 5.43 Å². The van der Waals surface area contributed by atoms with Crippen molar-refractivity contribution in [3.63, 3.8) is 0 Å². The zero-order valence-electron chi connectivity index (χ0n) is 23.8. The van der Waals surface area contributed by atoms with Gasteiger partial charge >= 0.3 is 5.97 Å². The van der Waals surface area contributed by atoms with Gasteiger partial charge in [0.2, 0.25) is 5.91 Å². The summed E-state index contributed by atoms with van der Waals surface area (Å²) in [6.07, 6.45) is 6.67. The van der Waals surface area contributed by atoms with E-state index in [0.717, 1.165) is 22.0 Å². The summed E-state index contributed by atoms with van der Waals surface area (Å²) in [6.45, 7) is 12.7. The number of hydrogen-bond acceptors (Lipinski definition) is 7. The molecule has 5 bridgehead atoms. The molecule has 0 spiro atoms. The van der Waals surface area contributed by atoms with Crippen LogP contribution in [-0.4, -0.2) is 59.0 Å². The number of pyridine rings is 1. The number of nitrogens with one attached hydrogen (secondary N) is 3. The van der Waals surface area contributed by atoms with Crippen LogP contribution >= 0.6 is 0 Å². The highest BCUT2D eigenvalue weighted by atomic mass is 16.5. The fourth-order valence-electron chi connectivity index (χ4n) is 4.93. The van der Waals surface area contributed by atoms with Gasteiger partial charge in [-0.05, 0) is 67.2 Å². The fourth-order valence-corrected chi connectivity index (χ4v) is 4.93. The monoisotopic (exact) mass is 535 g/mol. The van der Waals surface area contributed by atoms with Crippen LogP contribution in [0.3, 0.4) is 0 Å². The van der Waals surface area contributed by atoms with Gasteiger partial charge in [0.15, 0.2) is 0 Å². The predicted molar refractivity (Wildman–Crippen MR) is 151 cm³/mol. The first kappa shape index (κ1) is 28.7. The maximum absolute atomic E-state index is 13.2. The van der Waals surface area contributed by atoms with Crippen molar-refractivity contribution < 1.29 is 19.1 Å². The largest absolute Gasteiger partial charge is 0.457 e. The van der Waals surface area contributed by atoms with Crippen molar-refractivity contribution in [1.29, 1.82) is 0 Å². The Morgan fingerprint density at radius 3 is 2.62 bits per heavy atom. The van der Waals surface area contributed by atoms with Gasteiger partial charge in [-0.3, -0.25) is 24.4 Å². The molecule has 1 saturated heterocycles. The molecule has 2 aliphatic heterocycles. The first-order valence-corrected chi connectivity index (χ1v) is 13.8. The van der Waals surface area contributed by atoms with Crippen molar-refractivity contribution in [3.05, 3.63) is 47.8 Å². The molecule has 9 heteroatoms. The third-order valence-corrected chi connectivity index (χ3v) is 7.43. The second-order valence-electron chi connectivity index (χ2n) is 11.8. The van der Waals surface area contributed by atoms with E-state index in [1.54, 1.807) is 6.92 Å². The minimum atomic E-state index is -0.757. The molecule has 1 aromatic heterocycles. The van der Waals surface area contributed by atoms with Crippen molar-refractivity contribution in [3.8, 4) is 0 Å². The van der Waals surface area contributed by atoms with Gasteiger partial charge in [0.25, 0.3) is 5.91 Å². The number of aromatic nitrogens is 1. The average Bonchev–Trinajstić information content (AvgIpc) is 2.90. The summed E-state index contributed by atoms with van der Waals surface area (Å²) in [5, 5.41) is 9.71. The molecule has 2 aromatic rings. The maximum atomic E-state index is 13.2. The molecule has 0 saturated carbocycles. The number of ether oxygens (including phenoxy) is 1. The second-order valence-corrected chi connectivity index (χ2v) is 11.8. The molecule has 210 valence electrons. The minimum absolute atomic E-state index is 0.0132. The van der Waals surface area contributed by atoms with E-state index < -0.39 is 30.2 Å². The highest BCUT2D eigenvalue weighted by molar-refractivity contribution is 5.90. The number of amides is 2. The molecule has 39 heavy (non-hydrogen) atoms. The minimum Gasteiger partial charge on any atom is -0.457 e. The van der Waals surface area contributed by atoms with Crippen LogP contribution in [0.4, 0.5) is 0 Å². The highest BCUT2D eigenvalue weighted by Gasteiger charge is 2.33. The summed E-state index contributed by atoms with van der Waals surface area (Å²) in [5.41, 5.74) is 4.47. The van der Waals surface area contributed by atoms with E-state index in [4.69, 9.17) is 4.74 Å². The molecular formula is C30H41N5O4. The smallest absolute Gasteiger partial charge is 0.325 e. The summed E-state index contributed by atoms with van der Waals surface area (Å²) in [7, 11) is 0. The van der Waals surface area contributed by atoms with Gasteiger partial charge in [0, 0.05) is 24.7 Å². The molecule has 1 fully saturated rings. The summed E-state index contributed by atoms with van der Waals surface area (Å²) in [5.74, 6) is -0.917. The van der Waals surface area contributed by atoms with Crippen molar-refractivity contribution in [1.82, 2.24) is 26.1 Å². The van der Waals surface area contributed by atoms with E-state index in [9.17, 15) is 14.4 Å². The third kappa shape index (κ3) is 7.02. The lowest BCUT2D eigenvalue weighted by atomic mass is 9.91. The second kappa shape index (κ2) is 11.8. The average molecular weight is 536 g/mol. The van der Waals surface area contributed by atoms with Crippen LogP contribution < -0.4 is 16.1 Å². The van der Waals surface area contributed by atoms with Crippen LogP contribution in [0.1, 0.15) is 71.7 Å². The van der Waals surface area contributed by atoms with Gasteiger partial charge in [0.1, 0.15) is 18.2 Å². The van der Waals surface area contributed by atoms with E-state index >= 15 is 0 Å². The zero-order valence-corrected chi connectivity index (χ0v) is 23.8. The predicted octanol–water partition coefficient (Wildman–Crippen LogP) is 3.51. The summed E-state index contributed by atoms with van der Waals surface area (Å²) < 4.78 is 5.82. The van der Waals surface area contributed by atoms with E-state index in [1.807, 2.05) is 57.3 Å². The van der Waals surface area contributed by atoms with Gasteiger partial charge in [-0.2, -0.15) is 0 Å². The number of carbonyl (C=O) groups is 3. The number of hydrogen-bond donors (Lipinski definition) is 3. The molecule has 9 nitrogen and oxygen atoms in total. The molecule has 0 aliphatic carbocycles.